The highest BCUT2D eigenvalue weighted by Gasteiger charge is 2.54. The number of carboxylic acid groups (broad SMARTS) is 1. The van der Waals surface area contributed by atoms with Gasteiger partial charge in [-0.05, 0) is 72.8 Å². The van der Waals surface area contributed by atoms with Crippen molar-refractivity contribution in [3.8, 4) is 5.75 Å². The fourth-order valence-electron chi connectivity index (χ4n) is 5.85. The summed E-state index contributed by atoms with van der Waals surface area (Å²) < 4.78 is 5.63. The third-order valence-electron chi connectivity index (χ3n) is 6.89. The zero-order valence-corrected chi connectivity index (χ0v) is 15.9. The molecular formula is C22H22ClNO3. The molecular weight excluding hydrogens is 362 g/mol. The van der Waals surface area contributed by atoms with Crippen LogP contribution in [0.2, 0.25) is 5.02 Å². The minimum atomic E-state index is -0.894. The van der Waals surface area contributed by atoms with Crippen molar-refractivity contribution in [2.75, 3.05) is 12.4 Å². The van der Waals surface area contributed by atoms with Gasteiger partial charge in [0, 0.05) is 10.6 Å². The van der Waals surface area contributed by atoms with Crippen LogP contribution >= 0.6 is 11.6 Å². The van der Waals surface area contributed by atoms with E-state index in [4.69, 9.17) is 16.3 Å². The first kappa shape index (κ1) is 16.9. The van der Waals surface area contributed by atoms with Crippen molar-refractivity contribution < 1.29 is 14.6 Å². The fourth-order valence-corrected chi connectivity index (χ4v) is 6.14. The van der Waals surface area contributed by atoms with E-state index in [2.05, 4.69) is 5.32 Å². The van der Waals surface area contributed by atoms with E-state index in [0.717, 1.165) is 22.0 Å². The molecule has 2 aromatic carbocycles. The molecule has 2 saturated carbocycles. The predicted molar refractivity (Wildman–Crippen MR) is 105 cm³/mol. The van der Waals surface area contributed by atoms with Crippen LogP contribution in [0, 0.1) is 17.8 Å². The Bertz CT molecular complexity index is 911. The normalized spacial score (nSPS) is 30.4. The van der Waals surface area contributed by atoms with E-state index in [1.807, 2.05) is 24.3 Å². The number of fused-ring (bicyclic) bond motifs is 7. The van der Waals surface area contributed by atoms with Gasteiger partial charge in [-0.1, -0.05) is 23.7 Å². The molecule has 2 fully saturated rings. The Morgan fingerprint density at radius 2 is 1.89 bits per heavy atom. The van der Waals surface area contributed by atoms with Gasteiger partial charge in [-0.15, -0.1) is 0 Å². The third-order valence-corrected chi connectivity index (χ3v) is 7.22. The summed E-state index contributed by atoms with van der Waals surface area (Å²) in [6, 6.07) is 11.3. The zero-order valence-electron chi connectivity index (χ0n) is 15.1. The fraction of sp³-hybridized carbons (Fsp3) is 0.409. The quantitative estimate of drug-likeness (QED) is 0.750. The van der Waals surface area contributed by atoms with Crippen LogP contribution in [0.25, 0.3) is 0 Å². The van der Waals surface area contributed by atoms with E-state index in [-0.39, 0.29) is 6.04 Å². The third kappa shape index (κ3) is 2.46. The second kappa shape index (κ2) is 6.16. The molecule has 2 bridgehead atoms. The largest absolute Gasteiger partial charge is 0.495 e. The smallest absolute Gasteiger partial charge is 0.335 e. The molecule has 2 N–H and O–H groups in total. The van der Waals surface area contributed by atoms with Gasteiger partial charge in [0.2, 0.25) is 0 Å². The summed E-state index contributed by atoms with van der Waals surface area (Å²) in [5.41, 5.74) is 3.67. The number of hydrogen-bond donors (Lipinski definition) is 2. The lowest BCUT2D eigenvalue weighted by Gasteiger charge is -2.44. The van der Waals surface area contributed by atoms with Crippen molar-refractivity contribution >= 4 is 23.3 Å². The first-order valence-electron chi connectivity index (χ1n) is 9.54. The summed E-state index contributed by atoms with van der Waals surface area (Å²) in [6.45, 7) is 0. The molecule has 0 radical (unpaired) electrons. The SMILES string of the molecule is COc1ccc(Cl)c2c1N[C@H](c1ccc(C(=O)O)cc1)[C@@H]1[C@H]3CC[C@@H](C3)[C@@H]21. The number of rotatable bonds is 3. The molecule has 5 heteroatoms. The molecule has 5 atom stereocenters. The van der Waals surface area contributed by atoms with Gasteiger partial charge in [-0.2, -0.15) is 0 Å². The highest BCUT2D eigenvalue weighted by molar-refractivity contribution is 6.32. The molecule has 27 heavy (non-hydrogen) atoms. The average molecular weight is 384 g/mol. The van der Waals surface area contributed by atoms with Crippen LogP contribution in [0.5, 0.6) is 5.75 Å². The summed E-state index contributed by atoms with van der Waals surface area (Å²) >= 11 is 6.66. The Morgan fingerprint density at radius 1 is 1.15 bits per heavy atom. The van der Waals surface area contributed by atoms with Crippen molar-refractivity contribution in [3.63, 3.8) is 0 Å². The van der Waals surface area contributed by atoms with Gasteiger partial charge < -0.3 is 15.2 Å². The minimum absolute atomic E-state index is 0.146. The van der Waals surface area contributed by atoms with Crippen LogP contribution in [0.3, 0.4) is 0 Å². The molecule has 0 unspecified atom stereocenters. The molecule has 0 amide bonds. The molecule has 2 aromatic rings. The lowest BCUT2D eigenvalue weighted by molar-refractivity contribution is 0.0697. The Kier molecular flexibility index (Phi) is 3.87. The number of aromatic carboxylic acids is 1. The van der Waals surface area contributed by atoms with Crippen molar-refractivity contribution in [2.24, 2.45) is 17.8 Å². The number of anilines is 1. The Morgan fingerprint density at radius 3 is 2.59 bits per heavy atom. The topological polar surface area (TPSA) is 58.6 Å². The van der Waals surface area contributed by atoms with Gasteiger partial charge in [0.05, 0.1) is 24.4 Å². The lowest BCUT2D eigenvalue weighted by Crippen LogP contribution is -2.35. The standard InChI is InChI=1S/C22H22ClNO3/c1-27-16-9-8-15(23)19-17-13-6-7-14(10-13)18(17)20(24-21(16)19)11-2-4-12(5-3-11)22(25)26/h2-5,8-9,13-14,17-18,20,24H,6-7,10H2,1H3,(H,25,26)/t13-,14-,17+,18+,20+/m0/s1. The number of halogens is 1. The van der Waals surface area contributed by atoms with Crippen molar-refractivity contribution in [1.29, 1.82) is 0 Å². The van der Waals surface area contributed by atoms with Crippen LogP contribution in [0.1, 0.15) is 52.7 Å². The van der Waals surface area contributed by atoms with Gasteiger partial charge in [-0.25, -0.2) is 4.79 Å². The van der Waals surface area contributed by atoms with E-state index in [9.17, 15) is 9.90 Å². The second-order valence-electron chi connectivity index (χ2n) is 8.02. The van der Waals surface area contributed by atoms with Gasteiger partial charge >= 0.3 is 5.97 Å². The Labute approximate surface area is 163 Å². The highest BCUT2D eigenvalue weighted by atomic mass is 35.5. The number of hydrogen-bond acceptors (Lipinski definition) is 3. The summed E-state index contributed by atoms with van der Waals surface area (Å²) in [4.78, 5) is 11.2. The maximum atomic E-state index is 11.2. The molecule has 3 aliphatic rings. The van der Waals surface area contributed by atoms with E-state index < -0.39 is 5.97 Å². The molecule has 0 aromatic heterocycles. The molecule has 0 spiro atoms. The molecule has 4 nitrogen and oxygen atoms in total. The van der Waals surface area contributed by atoms with Gasteiger partial charge in [0.25, 0.3) is 0 Å². The monoisotopic (exact) mass is 383 g/mol. The second-order valence-corrected chi connectivity index (χ2v) is 8.43. The summed E-state index contributed by atoms with van der Waals surface area (Å²) in [5.74, 6) is 2.21. The number of carbonyl (C=O) groups is 1. The number of carboxylic acids is 1. The number of nitrogens with one attached hydrogen (secondary N) is 1. The van der Waals surface area contributed by atoms with E-state index in [1.54, 1.807) is 19.2 Å². The summed E-state index contributed by atoms with van der Waals surface area (Å²) in [6.07, 6.45) is 3.80. The molecule has 0 saturated heterocycles. The Balaban J connectivity index is 1.63. The Hall–Kier alpha value is -2.20. The zero-order chi connectivity index (χ0) is 18.7. The van der Waals surface area contributed by atoms with Crippen molar-refractivity contribution in [3.05, 3.63) is 58.1 Å². The predicted octanol–water partition coefficient (Wildman–Crippen LogP) is 5.34. The summed E-state index contributed by atoms with van der Waals surface area (Å²) in [7, 11) is 1.69. The summed E-state index contributed by atoms with van der Waals surface area (Å²) in [5, 5.41) is 13.7. The maximum absolute atomic E-state index is 11.2. The molecule has 2 aliphatic carbocycles. The van der Waals surface area contributed by atoms with E-state index >= 15 is 0 Å². The van der Waals surface area contributed by atoms with Crippen LogP contribution in [-0.4, -0.2) is 18.2 Å². The minimum Gasteiger partial charge on any atom is -0.495 e. The molecule has 1 heterocycles. The van der Waals surface area contributed by atoms with Crippen LogP contribution in [0.15, 0.2) is 36.4 Å². The van der Waals surface area contributed by atoms with Crippen molar-refractivity contribution in [2.45, 2.75) is 31.2 Å². The molecule has 140 valence electrons. The number of methoxy groups -OCH3 is 1. The van der Waals surface area contributed by atoms with Crippen molar-refractivity contribution in [1.82, 2.24) is 0 Å². The number of ether oxygens (including phenoxy) is 1. The first-order chi connectivity index (χ1) is 13.1. The van der Waals surface area contributed by atoms with Crippen LogP contribution in [-0.2, 0) is 0 Å². The first-order valence-corrected chi connectivity index (χ1v) is 9.92. The van der Waals surface area contributed by atoms with Gasteiger partial charge in [0.15, 0.2) is 0 Å². The molecule has 1 aliphatic heterocycles. The van der Waals surface area contributed by atoms with Gasteiger partial charge in [-0.3, -0.25) is 0 Å². The van der Waals surface area contributed by atoms with E-state index in [0.29, 0.717) is 29.2 Å². The number of benzene rings is 2. The van der Waals surface area contributed by atoms with E-state index in [1.165, 1.54) is 24.8 Å². The average Bonchev–Trinajstić information content (AvgIpc) is 3.30. The molecule has 5 rings (SSSR count). The van der Waals surface area contributed by atoms with Crippen LogP contribution in [0.4, 0.5) is 5.69 Å². The maximum Gasteiger partial charge on any atom is 0.335 e. The van der Waals surface area contributed by atoms with Crippen LogP contribution < -0.4 is 10.1 Å². The highest BCUT2D eigenvalue weighted by Crippen LogP contribution is 2.65. The van der Waals surface area contributed by atoms with Gasteiger partial charge in [0.1, 0.15) is 5.75 Å². The lowest BCUT2D eigenvalue weighted by atomic mass is 9.68.